The standard InChI is InChI=1S/C12H19FN2O2/c1-16-7-3-4-11(15-14)9-5-6-12(17-2)10(13)8-9/h5-6,8,11,15H,3-4,7,14H2,1-2H3. The molecule has 0 bridgehead atoms. The van der Waals surface area contributed by atoms with Gasteiger partial charge < -0.3 is 9.47 Å². The van der Waals surface area contributed by atoms with Crippen LogP contribution in [0.3, 0.4) is 0 Å². The number of ether oxygens (including phenoxy) is 2. The molecule has 3 N–H and O–H groups in total. The van der Waals surface area contributed by atoms with Gasteiger partial charge in [-0.2, -0.15) is 0 Å². The molecule has 0 aliphatic heterocycles. The highest BCUT2D eigenvalue weighted by Gasteiger charge is 2.12. The summed E-state index contributed by atoms with van der Waals surface area (Å²) in [5, 5.41) is 0. The molecule has 4 nitrogen and oxygen atoms in total. The lowest BCUT2D eigenvalue weighted by Crippen LogP contribution is -2.28. The second-order valence-corrected chi connectivity index (χ2v) is 3.75. The molecule has 0 saturated carbocycles. The van der Waals surface area contributed by atoms with Gasteiger partial charge in [-0.05, 0) is 30.5 Å². The number of hydrogen-bond acceptors (Lipinski definition) is 4. The topological polar surface area (TPSA) is 56.5 Å². The molecule has 1 atom stereocenters. The van der Waals surface area contributed by atoms with Crippen molar-refractivity contribution in [1.29, 1.82) is 0 Å². The van der Waals surface area contributed by atoms with E-state index < -0.39 is 0 Å². The van der Waals surface area contributed by atoms with Gasteiger partial charge >= 0.3 is 0 Å². The first-order chi connectivity index (χ1) is 8.22. The van der Waals surface area contributed by atoms with Crippen molar-refractivity contribution in [1.82, 2.24) is 5.43 Å². The van der Waals surface area contributed by atoms with Crippen molar-refractivity contribution in [2.24, 2.45) is 5.84 Å². The van der Waals surface area contributed by atoms with Gasteiger partial charge in [0.05, 0.1) is 7.11 Å². The average molecular weight is 242 g/mol. The molecule has 0 spiro atoms. The zero-order valence-electron chi connectivity index (χ0n) is 10.2. The minimum atomic E-state index is -0.378. The molecule has 0 heterocycles. The van der Waals surface area contributed by atoms with Gasteiger partial charge in [0.1, 0.15) is 0 Å². The lowest BCUT2D eigenvalue weighted by atomic mass is 10.0. The summed E-state index contributed by atoms with van der Waals surface area (Å²) in [6.45, 7) is 0.664. The van der Waals surface area contributed by atoms with Crippen molar-refractivity contribution in [3.63, 3.8) is 0 Å². The summed E-state index contributed by atoms with van der Waals surface area (Å²) < 4.78 is 23.4. The number of hydrazine groups is 1. The molecule has 1 rings (SSSR count). The van der Waals surface area contributed by atoms with Crippen LogP contribution in [0.4, 0.5) is 4.39 Å². The quantitative estimate of drug-likeness (QED) is 0.434. The van der Waals surface area contributed by atoms with Crippen LogP contribution in [0.5, 0.6) is 5.75 Å². The fourth-order valence-corrected chi connectivity index (χ4v) is 1.68. The highest BCUT2D eigenvalue weighted by molar-refractivity contribution is 5.30. The number of hydrogen-bond donors (Lipinski definition) is 2. The van der Waals surface area contributed by atoms with E-state index in [0.29, 0.717) is 6.61 Å². The van der Waals surface area contributed by atoms with Gasteiger partial charge in [-0.15, -0.1) is 0 Å². The summed E-state index contributed by atoms with van der Waals surface area (Å²) in [6.07, 6.45) is 1.65. The number of halogens is 1. The van der Waals surface area contributed by atoms with Crippen molar-refractivity contribution in [3.05, 3.63) is 29.6 Å². The van der Waals surface area contributed by atoms with E-state index >= 15 is 0 Å². The number of rotatable bonds is 7. The summed E-state index contributed by atoms with van der Waals surface area (Å²) >= 11 is 0. The number of nitrogens with two attached hydrogens (primary N) is 1. The molecular weight excluding hydrogens is 223 g/mol. The number of benzene rings is 1. The van der Waals surface area contributed by atoms with E-state index in [9.17, 15) is 4.39 Å². The van der Waals surface area contributed by atoms with E-state index in [0.717, 1.165) is 18.4 Å². The maximum absolute atomic E-state index is 13.5. The Labute approximate surface area is 101 Å². The zero-order valence-corrected chi connectivity index (χ0v) is 10.2. The molecule has 0 radical (unpaired) electrons. The van der Waals surface area contributed by atoms with Crippen molar-refractivity contribution in [2.45, 2.75) is 18.9 Å². The van der Waals surface area contributed by atoms with Crippen LogP contribution in [0, 0.1) is 5.82 Å². The summed E-state index contributed by atoms with van der Waals surface area (Å²) in [6, 6.07) is 4.77. The third-order valence-electron chi connectivity index (χ3n) is 2.62. The molecule has 1 unspecified atom stereocenters. The van der Waals surface area contributed by atoms with Crippen LogP contribution in [-0.4, -0.2) is 20.8 Å². The molecule has 1 aromatic rings. The monoisotopic (exact) mass is 242 g/mol. The van der Waals surface area contributed by atoms with Crippen molar-refractivity contribution < 1.29 is 13.9 Å². The molecule has 96 valence electrons. The lowest BCUT2D eigenvalue weighted by molar-refractivity contribution is 0.189. The fraction of sp³-hybridized carbons (Fsp3) is 0.500. The Balaban J connectivity index is 2.71. The molecule has 1 aromatic carbocycles. The molecule has 0 aliphatic rings. The predicted molar refractivity (Wildman–Crippen MR) is 64.1 cm³/mol. The maximum atomic E-state index is 13.5. The number of nitrogens with one attached hydrogen (secondary N) is 1. The predicted octanol–water partition coefficient (Wildman–Crippen LogP) is 1.77. The summed E-state index contributed by atoms with van der Waals surface area (Å²) in [5.41, 5.74) is 3.49. The Morgan fingerprint density at radius 1 is 1.41 bits per heavy atom. The minimum absolute atomic E-state index is 0.0782. The molecule has 0 aromatic heterocycles. The van der Waals surface area contributed by atoms with E-state index in [-0.39, 0.29) is 17.6 Å². The molecular formula is C12H19FN2O2. The lowest BCUT2D eigenvalue weighted by Gasteiger charge is -2.16. The molecule has 0 saturated heterocycles. The highest BCUT2D eigenvalue weighted by atomic mass is 19.1. The van der Waals surface area contributed by atoms with Crippen LogP contribution in [0.2, 0.25) is 0 Å². The third kappa shape index (κ3) is 3.96. The minimum Gasteiger partial charge on any atom is -0.494 e. The average Bonchev–Trinajstić information content (AvgIpc) is 2.35. The van der Waals surface area contributed by atoms with Gasteiger partial charge in [-0.3, -0.25) is 11.3 Å². The van der Waals surface area contributed by atoms with Crippen LogP contribution >= 0.6 is 0 Å². The van der Waals surface area contributed by atoms with Crippen molar-refractivity contribution in [2.75, 3.05) is 20.8 Å². The van der Waals surface area contributed by atoms with Gasteiger partial charge in [-0.25, -0.2) is 4.39 Å². The largest absolute Gasteiger partial charge is 0.494 e. The second-order valence-electron chi connectivity index (χ2n) is 3.75. The van der Waals surface area contributed by atoms with Gasteiger partial charge in [0.25, 0.3) is 0 Å². The second kappa shape index (κ2) is 7.21. The smallest absolute Gasteiger partial charge is 0.165 e. The van der Waals surface area contributed by atoms with Crippen molar-refractivity contribution in [3.8, 4) is 5.75 Å². The van der Waals surface area contributed by atoms with Gasteiger partial charge in [-0.1, -0.05) is 6.07 Å². The van der Waals surface area contributed by atoms with Crippen LogP contribution in [-0.2, 0) is 4.74 Å². The van der Waals surface area contributed by atoms with Crippen molar-refractivity contribution >= 4 is 0 Å². The molecule has 0 fully saturated rings. The van der Waals surface area contributed by atoms with Crippen LogP contribution in [0.25, 0.3) is 0 Å². The summed E-state index contributed by atoms with van der Waals surface area (Å²) in [5.74, 6) is 5.32. The van der Waals surface area contributed by atoms with Gasteiger partial charge in [0.15, 0.2) is 11.6 Å². The Bertz CT molecular complexity index is 347. The van der Waals surface area contributed by atoms with Crippen LogP contribution < -0.4 is 16.0 Å². The SMILES string of the molecule is COCCCC(NN)c1ccc(OC)c(F)c1. The van der Waals surface area contributed by atoms with Gasteiger partial charge in [0, 0.05) is 19.8 Å². The van der Waals surface area contributed by atoms with Crippen LogP contribution in [0.15, 0.2) is 18.2 Å². The maximum Gasteiger partial charge on any atom is 0.165 e. The summed E-state index contributed by atoms with van der Waals surface area (Å²) in [7, 11) is 3.09. The van der Waals surface area contributed by atoms with E-state index in [1.807, 2.05) is 0 Å². The Morgan fingerprint density at radius 2 is 2.18 bits per heavy atom. The molecule has 17 heavy (non-hydrogen) atoms. The van der Waals surface area contributed by atoms with E-state index in [1.54, 1.807) is 19.2 Å². The van der Waals surface area contributed by atoms with Crippen LogP contribution in [0.1, 0.15) is 24.4 Å². The Morgan fingerprint density at radius 3 is 2.71 bits per heavy atom. The summed E-state index contributed by atoms with van der Waals surface area (Å²) in [4.78, 5) is 0. The first-order valence-electron chi connectivity index (χ1n) is 5.51. The first-order valence-corrected chi connectivity index (χ1v) is 5.51. The zero-order chi connectivity index (χ0) is 12.7. The van der Waals surface area contributed by atoms with E-state index in [4.69, 9.17) is 15.3 Å². The fourth-order valence-electron chi connectivity index (χ4n) is 1.68. The third-order valence-corrected chi connectivity index (χ3v) is 2.62. The number of methoxy groups -OCH3 is 2. The first kappa shape index (κ1) is 13.9. The Kier molecular flexibility index (Phi) is 5.90. The highest BCUT2D eigenvalue weighted by Crippen LogP contribution is 2.23. The normalized spacial score (nSPS) is 12.5. The molecule has 5 heteroatoms. The molecule has 0 amide bonds. The van der Waals surface area contributed by atoms with E-state index in [1.165, 1.54) is 13.2 Å². The van der Waals surface area contributed by atoms with E-state index in [2.05, 4.69) is 5.43 Å². The Hall–Kier alpha value is -1.17. The molecule has 0 aliphatic carbocycles. The van der Waals surface area contributed by atoms with Gasteiger partial charge in [0.2, 0.25) is 0 Å².